The average molecular weight is 734 g/mol. The fourth-order valence-electron chi connectivity index (χ4n) is 6.52. The van der Waals surface area contributed by atoms with Crippen molar-refractivity contribution in [3.05, 3.63) is 108 Å². The first kappa shape index (κ1) is 40.1. The third-order valence-electron chi connectivity index (χ3n) is 9.18. The number of ether oxygens (including phenoxy) is 4. The normalized spacial score (nSPS) is 15.4. The molecule has 0 heterocycles. The molecule has 0 saturated heterocycles. The summed E-state index contributed by atoms with van der Waals surface area (Å²) in [6.07, 6.45) is 3.88. The number of esters is 2. The molecule has 0 aromatic heterocycles. The van der Waals surface area contributed by atoms with Gasteiger partial charge in [-0.15, -0.1) is 12.4 Å². The molecule has 3 atom stereocenters. The molecule has 12 heteroatoms. The molecule has 278 valence electrons. The summed E-state index contributed by atoms with van der Waals surface area (Å²) < 4.78 is 22.6. The lowest BCUT2D eigenvalue weighted by atomic mass is 9.97. The molecule has 1 fully saturated rings. The van der Waals surface area contributed by atoms with Gasteiger partial charge in [-0.2, -0.15) is 0 Å². The standard InChI is InChI=1S/C40H47N3O8.ClH/c1-2-24-48-38(45)35(36(49-25-27-14-5-3-6-15-27)39(46)51-28-16-7-4-8-17-28)43-37(44)34(41)22-13-23-42-40(47)50-26-33-31-20-11-9-18-29(31)30-19-10-12-21-32(30)33;/h2-3,5-6,9-12,14-15,18-21,28,33-36H,1,4,7-8,13,16-17,22-26,41H2,(H,42,47)(H,43,44);1H/t34-,35+,36+;/m0./s1. The van der Waals surface area contributed by atoms with Crippen LogP contribution in [0.5, 0.6) is 0 Å². The molecule has 0 unspecified atom stereocenters. The Morgan fingerprint density at radius 3 is 2.13 bits per heavy atom. The number of halogens is 1. The van der Waals surface area contributed by atoms with Crippen LogP contribution in [-0.4, -0.2) is 68.0 Å². The second-order valence-corrected chi connectivity index (χ2v) is 12.8. The van der Waals surface area contributed by atoms with E-state index in [9.17, 15) is 19.2 Å². The Hall–Kier alpha value is -4.71. The number of nitrogens with one attached hydrogen (secondary N) is 2. The van der Waals surface area contributed by atoms with E-state index < -0.39 is 42.1 Å². The molecule has 3 aromatic carbocycles. The minimum atomic E-state index is -1.53. The summed E-state index contributed by atoms with van der Waals surface area (Å²) in [5.41, 5.74) is 11.5. The van der Waals surface area contributed by atoms with E-state index in [1.165, 1.54) is 6.08 Å². The SMILES string of the molecule is C=CCOC(=O)[C@H](NC(=O)[C@@H](N)CCCNC(=O)OCC1c2ccccc2-c2ccccc21)[C@@H](OCc1ccccc1)C(=O)OC1CCCCC1.Cl. The van der Waals surface area contributed by atoms with Gasteiger partial charge in [-0.3, -0.25) is 4.79 Å². The minimum absolute atomic E-state index is 0. The van der Waals surface area contributed by atoms with E-state index in [1.54, 1.807) is 0 Å². The van der Waals surface area contributed by atoms with Crippen molar-refractivity contribution in [3.8, 4) is 11.1 Å². The summed E-state index contributed by atoms with van der Waals surface area (Å²) in [4.78, 5) is 52.7. The molecule has 2 aliphatic rings. The largest absolute Gasteiger partial charge is 0.460 e. The van der Waals surface area contributed by atoms with Gasteiger partial charge in [-0.05, 0) is 66.3 Å². The van der Waals surface area contributed by atoms with E-state index in [2.05, 4.69) is 41.5 Å². The Kier molecular flexibility index (Phi) is 15.7. The van der Waals surface area contributed by atoms with Crippen LogP contribution < -0.4 is 16.4 Å². The summed E-state index contributed by atoms with van der Waals surface area (Å²) >= 11 is 0. The van der Waals surface area contributed by atoms with E-state index >= 15 is 0 Å². The lowest BCUT2D eigenvalue weighted by Gasteiger charge is -2.29. The van der Waals surface area contributed by atoms with Crippen molar-refractivity contribution >= 4 is 36.3 Å². The van der Waals surface area contributed by atoms with Gasteiger partial charge in [-0.1, -0.05) is 97.9 Å². The zero-order chi connectivity index (χ0) is 36.0. The predicted octanol–water partition coefficient (Wildman–Crippen LogP) is 5.73. The number of benzene rings is 3. The maximum Gasteiger partial charge on any atom is 0.407 e. The predicted molar refractivity (Wildman–Crippen MR) is 199 cm³/mol. The Bertz CT molecular complexity index is 1600. The maximum atomic E-state index is 13.5. The van der Waals surface area contributed by atoms with E-state index in [0.29, 0.717) is 19.3 Å². The molecule has 3 aromatic rings. The summed E-state index contributed by atoms with van der Waals surface area (Å²) in [7, 11) is 0. The lowest BCUT2D eigenvalue weighted by Crippen LogP contribution is -2.57. The second-order valence-electron chi connectivity index (χ2n) is 12.8. The molecular formula is C40H48ClN3O8. The van der Waals surface area contributed by atoms with Gasteiger partial charge in [0.1, 0.15) is 19.3 Å². The van der Waals surface area contributed by atoms with E-state index in [4.69, 9.17) is 24.7 Å². The molecular weight excluding hydrogens is 686 g/mol. The molecule has 52 heavy (non-hydrogen) atoms. The van der Waals surface area contributed by atoms with Gasteiger partial charge < -0.3 is 35.3 Å². The fraction of sp³-hybridized carbons (Fsp3) is 0.400. The first-order chi connectivity index (χ1) is 24.9. The Morgan fingerprint density at radius 2 is 1.48 bits per heavy atom. The molecule has 11 nitrogen and oxygen atoms in total. The number of alkyl carbamates (subject to hydrolysis) is 1. The van der Waals surface area contributed by atoms with E-state index in [-0.39, 0.29) is 57.2 Å². The molecule has 5 rings (SSSR count). The van der Waals surface area contributed by atoms with Crippen LogP contribution in [0.1, 0.15) is 67.6 Å². The Morgan fingerprint density at radius 1 is 0.846 bits per heavy atom. The van der Waals surface area contributed by atoms with Crippen molar-refractivity contribution in [2.75, 3.05) is 19.8 Å². The van der Waals surface area contributed by atoms with Crippen molar-refractivity contribution in [1.82, 2.24) is 10.6 Å². The molecule has 0 bridgehead atoms. The number of carbonyl (C=O) groups is 4. The van der Waals surface area contributed by atoms with Crippen molar-refractivity contribution in [2.24, 2.45) is 5.73 Å². The van der Waals surface area contributed by atoms with Gasteiger partial charge in [0.2, 0.25) is 5.91 Å². The highest BCUT2D eigenvalue weighted by atomic mass is 35.5. The van der Waals surface area contributed by atoms with Crippen molar-refractivity contribution < 1.29 is 38.1 Å². The van der Waals surface area contributed by atoms with E-state index in [1.807, 2.05) is 54.6 Å². The van der Waals surface area contributed by atoms with Crippen molar-refractivity contribution in [2.45, 2.75) is 81.8 Å². The molecule has 2 aliphatic carbocycles. The highest BCUT2D eigenvalue weighted by Gasteiger charge is 2.40. The van der Waals surface area contributed by atoms with Gasteiger partial charge in [0.05, 0.1) is 12.6 Å². The smallest absolute Gasteiger partial charge is 0.407 e. The Labute approximate surface area is 311 Å². The average Bonchev–Trinajstić information content (AvgIpc) is 3.48. The third kappa shape index (κ3) is 10.9. The lowest BCUT2D eigenvalue weighted by molar-refractivity contribution is -0.173. The maximum absolute atomic E-state index is 13.5. The quantitative estimate of drug-likeness (QED) is 0.0683. The first-order valence-electron chi connectivity index (χ1n) is 17.6. The topological polar surface area (TPSA) is 155 Å². The number of fused-ring (bicyclic) bond motifs is 3. The van der Waals surface area contributed by atoms with E-state index in [0.717, 1.165) is 47.1 Å². The molecule has 1 saturated carbocycles. The van der Waals surface area contributed by atoms with Crippen LogP contribution in [0.2, 0.25) is 0 Å². The van der Waals surface area contributed by atoms with Gasteiger partial charge in [-0.25, -0.2) is 14.4 Å². The highest BCUT2D eigenvalue weighted by Crippen LogP contribution is 2.44. The summed E-state index contributed by atoms with van der Waals surface area (Å²) in [6, 6.07) is 22.7. The van der Waals surface area contributed by atoms with Crippen molar-refractivity contribution in [1.29, 1.82) is 0 Å². The zero-order valence-electron chi connectivity index (χ0n) is 29.2. The van der Waals surface area contributed by atoms with Crippen LogP contribution in [0.15, 0.2) is 91.5 Å². The summed E-state index contributed by atoms with van der Waals surface area (Å²) in [6.45, 7) is 3.81. The summed E-state index contributed by atoms with van der Waals surface area (Å²) in [5, 5.41) is 5.31. The van der Waals surface area contributed by atoms with Crippen LogP contribution in [0.4, 0.5) is 4.79 Å². The third-order valence-corrected chi connectivity index (χ3v) is 9.18. The number of nitrogens with two attached hydrogens (primary N) is 1. The van der Waals surface area contributed by atoms with Crippen LogP contribution in [0.3, 0.4) is 0 Å². The number of carbonyl (C=O) groups excluding carboxylic acids is 4. The van der Waals surface area contributed by atoms with Crippen LogP contribution >= 0.6 is 12.4 Å². The molecule has 0 spiro atoms. The second kappa shape index (κ2) is 20.4. The molecule has 4 N–H and O–H groups in total. The van der Waals surface area contributed by atoms with Crippen molar-refractivity contribution in [3.63, 3.8) is 0 Å². The fourth-order valence-corrected chi connectivity index (χ4v) is 6.52. The van der Waals surface area contributed by atoms with Gasteiger partial charge in [0.25, 0.3) is 0 Å². The van der Waals surface area contributed by atoms with Crippen LogP contribution in [0.25, 0.3) is 11.1 Å². The zero-order valence-corrected chi connectivity index (χ0v) is 30.0. The molecule has 2 amide bonds. The summed E-state index contributed by atoms with van der Waals surface area (Å²) in [5.74, 6) is -2.40. The number of amides is 2. The van der Waals surface area contributed by atoms with Gasteiger partial charge >= 0.3 is 18.0 Å². The Balaban J connectivity index is 0.00000605. The van der Waals surface area contributed by atoms with Gasteiger partial charge in [0, 0.05) is 12.5 Å². The monoisotopic (exact) mass is 733 g/mol. The van der Waals surface area contributed by atoms with Gasteiger partial charge in [0.15, 0.2) is 12.1 Å². The first-order valence-corrected chi connectivity index (χ1v) is 17.6. The van der Waals surface area contributed by atoms with Crippen LogP contribution in [-0.2, 0) is 39.9 Å². The number of hydrogen-bond donors (Lipinski definition) is 3. The molecule has 0 radical (unpaired) electrons. The highest BCUT2D eigenvalue weighted by molar-refractivity contribution is 5.92. The van der Waals surface area contributed by atoms with Crippen LogP contribution in [0, 0.1) is 0 Å². The number of rotatable bonds is 17. The minimum Gasteiger partial charge on any atom is -0.460 e. The number of hydrogen-bond acceptors (Lipinski definition) is 9. The molecule has 0 aliphatic heterocycles.